The van der Waals surface area contributed by atoms with E-state index in [2.05, 4.69) is 24.4 Å². The first kappa shape index (κ1) is 14.4. The van der Waals surface area contributed by atoms with Gasteiger partial charge in [-0.2, -0.15) is 0 Å². The van der Waals surface area contributed by atoms with Crippen LogP contribution < -0.4 is 11.1 Å². The molecule has 19 heavy (non-hydrogen) atoms. The van der Waals surface area contributed by atoms with Gasteiger partial charge in [0.2, 0.25) is 5.91 Å². The van der Waals surface area contributed by atoms with Crippen molar-refractivity contribution in [2.24, 2.45) is 11.7 Å². The average molecular weight is 278 g/mol. The summed E-state index contributed by atoms with van der Waals surface area (Å²) in [5, 5.41) is 3.35. The van der Waals surface area contributed by atoms with E-state index in [0.29, 0.717) is 11.7 Å². The number of rotatable bonds is 7. The van der Waals surface area contributed by atoms with Gasteiger partial charge in [-0.25, -0.2) is 0 Å². The third-order valence-corrected chi connectivity index (χ3v) is 5.12. The largest absolute Gasteiger partial charge is 0.368 e. The van der Waals surface area contributed by atoms with E-state index >= 15 is 0 Å². The molecule has 1 fully saturated rings. The molecule has 4 heteroatoms. The van der Waals surface area contributed by atoms with Gasteiger partial charge in [0.05, 0.1) is 0 Å². The second kappa shape index (κ2) is 5.97. The van der Waals surface area contributed by atoms with E-state index in [1.54, 1.807) is 11.8 Å². The third-order valence-electron chi connectivity index (χ3n) is 3.76. The summed E-state index contributed by atoms with van der Waals surface area (Å²) in [6.45, 7) is 4.89. The number of amides is 1. The number of likely N-dealkylation sites (N-methyl/N-ethyl adjacent to an activating group) is 1. The quantitative estimate of drug-likeness (QED) is 0.753. The highest BCUT2D eigenvalue weighted by atomic mass is 32.2. The van der Waals surface area contributed by atoms with Crippen LogP contribution in [0.5, 0.6) is 0 Å². The summed E-state index contributed by atoms with van der Waals surface area (Å²) in [6, 6.07) is 8.26. The summed E-state index contributed by atoms with van der Waals surface area (Å²) in [5.41, 5.74) is 6.39. The number of carbonyl (C=O) groups excluding carboxylic acids is 1. The molecule has 1 amide bonds. The van der Waals surface area contributed by atoms with Gasteiger partial charge in [-0.05, 0) is 43.9 Å². The number of thioether (sulfide) groups is 1. The van der Waals surface area contributed by atoms with E-state index in [0.717, 1.165) is 19.4 Å². The van der Waals surface area contributed by atoms with Crippen molar-refractivity contribution >= 4 is 17.7 Å². The Balaban J connectivity index is 2.12. The Morgan fingerprint density at radius 2 is 2.16 bits per heavy atom. The first-order chi connectivity index (χ1) is 9.10. The molecule has 104 valence electrons. The van der Waals surface area contributed by atoms with Crippen molar-refractivity contribution in [2.45, 2.75) is 37.1 Å². The van der Waals surface area contributed by atoms with Crippen LogP contribution in [-0.4, -0.2) is 23.7 Å². The van der Waals surface area contributed by atoms with Crippen LogP contribution >= 0.6 is 11.8 Å². The van der Waals surface area contributed by atoms with Crippen LogP contribution in [0.25, 0.3) is 0 Å². The van der Waals surface area contributed by atoms with Crippen LogP contribution in [0.4, 0.5) is 0 Å². The van der Waals surface area contributed by atoms with Crippen LogP contribution in [0.2, 0.25) is 0 Å². The van der Waals surface area contributed by atoms with Gasteiger partial charge in [0.15, 0.2) is 0 Å². The van der Waals surface area contributed by atoms with Crippen LogP contribution in [0, 0.1) is 12.8 Å². The highest BCUT2D eigenvalue weighted by Crippen LogP contribution is 2.42. The van der Waals surface area contributed by atoms with Crippen molar-refractivity contribution in [3.63, 3.8) is 0 Å². The number of hydrogen-bond acceptors (Lipinski definition) is 3. The minimum Gasteiger partial charge on any atom is -0.368 e. The first-order valence-electron chi connectivity index (χ1n) is 6.83. The van der Waals surface area contributed by atoms with Gasteiger partial charge >= 0.3 is 0 Å². The Kier molecular flexibility index (Phi) is 4.53. The summed E-state index contributed by atoms with van der Waals surface area (Å²) in [4.78, 5) is 13.2. The highest BCUT2D eigenvalue weighted by Gasteiger charge is 2.49. The standard InChI is InChI=1S/C15H22N2OS/c1-3-17-15(14(16)18,12-8-9-12)10-19-13-7-5-4-6-11(13)2/h4-7,12,17H,3,8-10H2,1-2H3,(H2,16,18). The van der Waals surface area contributed by atoms with Gasteiger partial charge in [-0.1, -0.05) is 25.1 Å². The SMILES string of the molecule is CCNC(CSc1ccccc1C)(C(N)=O)C1CC1. The van der Waals surface area contributed by atoms with E-state index in [1.165, 1.54) is 10.5 Å². The Labute approximate surface area is 119 Å². The molecular weight excluding hydrogens is 256 g/mol. The zero-order valence-corrected chi connectivity index (χ0v) is 12.4. The number of carbonyl (C=O) groups is 1. The fourth-order valence-electron chi connectivity index (χ4n) is 2.47. The van der Waals surface area contributed by atoms with Gasteiger partial charge in [-0.15, -0.1) is 11.8 Å². The molecule has 3 nitrogen and oxygen atoms in total. The Hall–Kier alpha value is -1.00. The molecule has 0 radical (unpaired) electrons. The summed E-state index contributed by atoms with van der Waals surface area (Å²) >= 11 is 1.73. The second-order valence-electron chi connectivity index (χ2n) is 5.19. The Bertz CT molecular complexity index is 459. The molecule has 2 rings (SSSR count). The number of hydrogen-bond donors (Lipinski definition) is 2. The van der Waals surface area contributed by atoms with Crippen LogP contribution in [0.15, 0.2) is 29.2 Å². The lowest BCUT2D eigenvalue weighted by molar-refractivity contribution is -0.124. The summed E-state index contributed by atoms with van der Waals surface area (Å²) in [5.74, 6) is 0.908. The maximum Gasteiger partial charge on any atom is 0.238 e. The van der Waals surface area contributed by atoms with E-state index in [-0.39, 0.29) is 5.91 Å². The molecule has 1 saturated carbocycles. The van der Waals surface area contributed by atoms with Crippen molar-refractivity contribution in [3.8, 4) is 0 Å². The lowest BCUT2D eigenvalue weighted by Crippen LogP contribution is -2.59. The van der Waals surface area contributed by atoms with Crippen LogP contribution in [0.3, 0.4) is 0 Å². The minimum absolute atomic E-state index is 0.210. The molecule has 0 aliphatic heterocycles. The summed E-state index contributed by atoms with van der Waals surface area (Å²) < 4.78 is 0. The van der Waals surface area contributed by atoms with Crippen molar-refractivity contribution in [1.29, 1.82) is 0 Å². The second-order valence-corrected chi connectivity index (χ2v) is 6.21. The van der Waals surface area contributed by atoms with Gasteiger partial charge in [0, 0.05) is 10.6 Å². The van der Waals surface area contributed by atoms with Gasteiger partial charge in [0.1, 0.15) is 5.54 Å². The number of nitrogens with one attached hydrogen (secondary N) is 1. The summed E-state index contributed by atoms with van der Waals surface area (Å²) in [7, 11) is 0. The first-order valence-corrected chi connectivity index (χ1v) is 7.82. The molecule has 1 aromatic rings. The zero-order chi connectivity index (χ0) is 13.9. The average Bonchev–Trinajstić information content (AvgIpc) is 3.20. The molecule has 0 bridgehead atoms. The minimum atomic E-state index is -0.540. The molecule has 0 aromatic heterocycles. The molecular formula is C15H22N2OS. The molecule has 1 aliphatic carbocycles. The molecule has 0 saturated heterocycles. The molecule has 1 aliphatic rings. The smallest absolute Gasteiger partial charge is 0.238 e. The number of benzene rings is 1. The topological polar surface area (TPSA) is 55.1 Å². The van der Waals surface area contributed by atoms with Gasteiger partial charge < -0.3 is 11.1 Å². The van der Waals surface area contributed by atoms with Gasteiger partial charge in [0.25, 0.3) is 0 Å². The van der Waals surface area contributed by atoms with E-state index in [1.807, 2.05) is 19.1 Å². The lowest BCUT2D eigenvalue weighted by Gasteiger charge is -2.31. The predicted molar refractivity (Wildman–Crippen MR) is 80.2 cm³/mol. The van der Waals surface area contributed by atoms with Crippen LogP contribution in [-0.2, 0) is 4.79 Å². The van der Waals surface area contributed by atoms with Crippen molar-refractivity contribution in [3.05, 3.63) is 29.8 Å². The molecule has 0 heterocycles. The zero-order valence-electron chi connectivity index (χ0n) is 11.6. The van der Waals surface area contributed by atoms with E-state index in [4.69, 9.17) is 5.73 Å². The maximum atomic E-state index is 11.9. The molecule has 0 spiro atoms. The number of primary amides is 1. The summed E-state index contributed by atoms with van der Waals surface area (Å²) in [6.07, 6.45) is 2.20. The van der Waals surface area contributed by atoms with E-state index in [9.17, 15) is 4.79 Å². The maximum absolute atomic E-state index is 11.9. The predicted octanol–water partition coefficient (Wildman–Crippen LogP) is 2.33. The molecule has 1 aromatic carbocycles. The normalized spacial score (nSPS) is 18.0. The number of aryl methyl sites for hydroxylation is 1. The lowest BCUT2D eigenvalue weighted by atomic mass is 9.94. The fraction of sp³-hybridized carbons (Fsp3) is 0.533. The van der Waals surface area contributed by atoms with Crippen molar-refractivity contribution < 1.29 is 4.79 Å². The highest BCUT2D eigenvalue weighted by molar-refractivity contribution is 7.99. The Morgan fingerprint density at radius 3 is 2.68 bits per heavy atom. The molecule has 1 unspecified atom stereocenters. The van der Waals surface area contributed by atoms with Crippen LogP contribution in [0.1, 0.15) is 25.3 Å². The van der Waals surface area contributed by atoms with Gasteiger partial charge in [-0.3, -0.25) is 4.79 Å². The van der Waals surface area contributed by atoms with Crippen molar-refractivity contribution in [1.82, 2.24) is 5.32 Å². The molecule has 1 atom stereocenters. The third kappa shape index (κ3) is 3.12. The molecule has 3 N–H and O–H groups in total. The number of nitrogens with two attached hydrogens (primary N) is 1. The Morgan fingerprint density at radius 1 is 1.47 bits per heavy atom. The van der Waals surface area contributed by atoms with Crippen molar-refractivity contribution in [2.75, 3.05) is 12.3 Å². The monoisotopic (exact) mass is 278 g/mol. The fourth-order valence-corrected chi connectivity index (χ4v) is 3.81. The van der Waals surface area contributed by atoms with E-state index < -0.39 is 5.54 Å².